The molecule has 0 radical (unpaired) electrons. The highest BCUT2D eigenvalue weighted by atomic mass is 16.5. The fraction of sp³-hybridized carbons (Fsp3) is 0.318. The first kappa shape index (κ1) is 17.7. The van der Waals surface area contributed by atoms with Crippen molar-refractivity contribution in [2.24, 2.45) is 4.99 Å². The quantitative estimate of drug-likeness (QED) is 0.719. The van der Waals surface area contributed by atoms with Gasteiger partial charge in [0.05, 0.1) is 28.7 Å². The van der Waals surface area contributed by atoms with Crippen molar-refractivity contribution in [1.29, 1.82) is 0 Å². The number of H-pyrrole nitrogens is 1. The van der Waals surface area contributed by atoms with Gasteiger partial charge in [0.15, 0.2) is 5.90 Å². The summed E-state index contributed by atoms with van der Waals surface area (Å²) in [6.07, 6.45) is 0.441. The van der Waals surface area contributed by atoms with Gasteiger partial charge in [-0.3, -0.25) is 9.89 Å². The standard InChI is InChI=1S/C22H22N4O3/c1-22(2)12-29-20(23-22)9-18-15-7-16(19(27)8-17(15)24-25-18)21(28)26-10-13-5-3-4-6-14(13)11-26/h3-8,27H,9-12H2,1-2H3,(H,24,25). The molecule has 2 aromatic carbocycles. The molecular formula is C22H22N4O3. The zero-order valence-corrected chi connectivity index (χ0v) is 16.4. The minimum absolute atomic E-state index is 0.0516. The second-order valence-corrected chi connectivity index (χ2v) is 8.30. The molecular weight excluding hydrogens is 368 g/mol. The van der Waals surface area contributed by atoms with Crippen LogP contribution in [0.4, 0.5) is 0 Å². The number of aromatic nitrogens is 2. The van der Waals surface area contributed by atoms with E-state index in [9.17, 15) is 9.90 Å². The van der Waals surface area contributed by atoms with Crippen LogP contribution >= 0.6 is 0 Å². The minimum atomic E-state index is -0.231. The van der Waals surface area contributed by atoms with Crippen molar-refractivity contribution in [2.75, 3.05) is 6.61 Å². The van der Waals surface area contributed by atoms with Crippen molar-refractivity contribution in [3.05, 3.63) is 58.8 Å². The first-order valence-corrected chi connectivity index (χ1v) is 9.67. The van der Waals surface area contributed by atoms with Crippen LogP contribution in [0.1, 0.15) is 41.0 Å². The number of phenolic OH excluding ortho intramolecular Hbond substituents is 1. The fourth-order valence-corrected chi connectivity index (χ4v) is 3.96. The van der Waals surface area contributed by atoms with Crippen LogP contribution < -0.4 is 0 Å². The Balaban J connectivity index is 1.46. The third kappa shape index (κ3) is 3.12. The Morgan fingerprint density at radius 3 is 2.62 bits per heavy atom. The smallest absolute Gasteiger partial charge is 0.258 e. The van der Waals surface area contributed by atoms with Gasteiger partial charge in [-0.15, -0.1) is 0 Å². The minimum Gasteiger partial charge on any atom is -0.507 e. The van der Waals surface area contributed by atoms with Gasteiger partial charge in [-0.2, -0.15) is 5.10 Å². The average Bonchev–Trinajstić information content (AvgIpc) is 3.37. The van der Waals surface area contributed by atoms with E-state index >= 15 is 0 Å². The van der Waals surface area contributed by atoms with Gasteiger partial charge in [-0.25, -0.2) is 4.99 Å². The molecule has 0 fully saturated rings. The van der Waals surface area contributed by atoms with Gasteiger partial charge in [0, 0.05) is 24.5 Å². The Bertz CT molecular complexity index is 1140. The van der Waals surface area contributed by atoms with Crippen LogP contribution in [0.3, 0.4) is 0 Å². The number of fused-ring (bicyclic) bond motifs is 2. The molecule has 0 aliphatic carbocycles. The van der Waals surface area contributed by atoms with Crippen molar-refractivity contribution in [1.82, 2.24) is 15.1 Å². The number of nitrogens with one attached hydrogen (secondary N) is 1. The van der Waals surface area contributed by atoms with Gasteiger partial charge in [0.2, 0.25) is 0 Å². The summed E-state index contributed by atoms with van der Waals surface area (Å²) < 4.78 is 5.68. The second kappa shape index (κ2) is 6.34. The number of nitrogens with zero attached hydrogens (tertiary/aromatic N) is 3. The number of phenols is 1. The number of carbonyl (C=O) groups is 1. The maximum atomic E-state index is 13.1. The highest BCUT2D eigenvalue weighted by Crippen LogP contribution is 2.31. The summed E-state index contributed by atoms with van der Waals surface area (Å²) in [5.41, 5.74) is 3.76. The number of aromatic hydroxyl groups is 1. The number of amides is 1. The van der Waals surface area contributed by atoms with E-state index in [1.165, 1.54) is 0 Å². The molecule has 7 heteroatoms. The van der Waals surface area contributed by atoms with Crippen LogP contribution in [0, 0.1) is 0 Å². The molecule has 1 aromatic heterocycles. The molecule has 1 amide bonds. The third-order valence-electron chi connectivity index (χ3n) is 5.45. The van der Waals surface area contributed by atoms with Gasteiger partial charge in [-0.1, -0.05) is 24.3 Å². The van der Waals surface area contributed by atoms with E-state index in [1.54, 1.807) is 17.0 Å². The van der Waals surface area contributed by atoms with Crippen molar-refractivity contribution in [2.45, 2.75) is 38.9 Å². The maximum absolute atomic E-state index is 13.1. The van der Waals surface area contributed by atoms with Crippen molar-refractivity contribution < 1.29 is 14.6 Å². The van der Waals surface area contributed by atoms with E-state index in [0.29, 0.717) is 37.5 Å². The number of rotatable bonds is 3. The van der Waals surface area contributed by atoms with Crippen LogP contribution in [0.5, 0.6) is 5.75 Å². The highest BCUT2D eigenvalue weighted by molar-refractivity contribution is 6.02. The summed E-state index contributed by atoms with van der Waals surface area (Å²) in [4.78, 5) is 19.5. The first-order chi connectivity index (χ1) is 13.9. The van der Waals surface area contributed by atoms with Crippen LogP contribution in [0.15, 0.2) is 41.4 Å². The molecule has 3 aromatic rings. The van der Waals surface area contributed by atoms with Crippen LogP contribution in [0.25, 0.3) is 10.9 Å². The van der Waals surface area contributed by atoms with Crippen molar-refractivity contribution in [3.63, 3.8) is 0 Å². The molecule has 2 N–H and O–H groups in total. The Morgan fingerprint density at radius 1 is 1.24 bits per heavy atom. The third-order valence-corrected chi connectivity index (χ3v) is 5.45. The van der Waals surface area contributed by atoms with Gasteiger partial charge < -0.3 is 14.7 Å². The number of ether oxygens (including phenoxy) is 1. The Hall–Kier alpha value is -3.35. The molecule has 0 saturated carbocycles. The van der Waals surface area contributed by atoms with Crippen molar-refractivity contribution >= 4 is 22.7 Å². The maximum Gasteiger partial charge on any atom is 0.258 e. The summed E-state index contributed by atoms with van der Waals surface area (Å²) in [6, 6.07) is 11.3. The first-order valence-electron chi connectivity index (χ1n) is 9.67. The molecule has 7 nitrogen and oxygen atoms in total. The normalized spacial score (nSPS) is 17.3. The van der Waals surface area contributed by atoms with E-state index in [-0.39, 0.29) is 22.8 Å². The predicted octanol–water partition coefficient (Wildman–Crippen LogP) is 3.17. The van der Waals surface area contributed by atoms with E-state index in [0.717, 1.165) is 22.2 Å². The molecule has 0 unspecified atom stereocenters. The molecule has 2 aliphatic rings. The SMILES string of the molecule is CC1(C)COC(Cc2n[nH]c3cc(O)c(C(=O)N4Cc5ccccc5C4)cc23)=N1. The topological polar surface area (TPSA) is 90.8 Å². The number of carbonyl (C=O) groups excluding carboxylic acids is 1. The van der Waals surface area contributed by atoms with Crippen molar-refractivity contribution in [3.8, 4) is 5.75 Å². The van der Waals surface area contributed by atoms with Gasteiger partial charge in [-0.05, 0) is 31.0 Å². The lowest BCUT2D eigenvalue weighted by Gasteiger charge is -2.16. The summed E-state index contributed by atoms with van der Waals surface area (Å²) in [5, 5.41) is 18.5. The van der Waals surface area contributed by atoms with Gasteiger partial charge >= 0.3 is 0 Å². The summed E-state index contributed by atoms with van der Waals surface area (Å²) >= 11 is 0. The molecule has 0 atom stereocenters. The lowest BCUT2D eigenvalue weighted by molar-refractivity contribution is 0.0748. The van der Waals surface area contributed by atoms with E-state index < -0.39 is 0 Å². The van der Waals surface area contributed by atoms with E-state index in [4.69, 9.17) is 4.74 Å². The zero-order chi connectivity index (χ0) is 20.2. The fourth-order valence-electron chi connectivity index (χ4n) is 3.96. The Labute approximate surface area is 168 Å². The summed E-state index contributed by atoms with van der Waals surface area (Å²) in [6.45, 7) is 5.68. The number of hydrogen-bond donors (Lipinski definition) is 2. The predicted molar refractivity (Wildman–Crippen MR) is 109 cm³/mol. The summed E-state index contributed by atoms with van der Waals surface area (Å²) in [5.74, 6) is 0.395. The summed E-state index contributed by atoms with van der Waals surface area (Å²) in [7, 11) is 0. The molecule has 29 heavy (non-hydrogen) atoms. The Morgan fingerprint density at radius 2 is 1.97 bits per heavy atom. The number of benzene rings is 2. The van der Waals surface area contributed by atoms with Gasteiger partial charge in [0.25, 0.3) is 5.91 Å². The molecule has 5 rings (SSSR count). The molecule has 2 aliphatic heterocycles. The molecule has 0 bridgehead atoms. The average molecular weight is 390 g/mol. The lowest BCUT2D eigenvalue weighted by Crippen LogP contribution is -2.25. The molecule has 0 saturated heterocycles. The van der Waals surface area contributed by atoms with Crippen LogP contribution in [0.2, 0.25) is 0 Å². The molecule has 3 heterocycles. The lowest BCUT2D eigenvalue weighted by atomic mass is 10.1. The van der Waals surface area contributed by atoms with E-state index in [1.807, 2.05) is 38.1 Å². The zero-order valence-electron chi connectivity index (χ0n) is 16.4. The second-order valence-electron chi connectivity index (χ2n) is 8.30. The number of aromatic amines is 1. The van der Waals surface area contributed by atoms with E-state index in [2.05, 4.69) is 15.2 Å². The van der Waals surface area contributed by atoms with Crippen LogP contribution in [-0.2, 0) is 24.2 Å². The Kier molecular flexibility index (Phi) is 3.87. The number of hydrogen-bond acceptors (Lipinski definition) is 5. The molecule has 0 spiro atoms. The highest BCUT2D eigenvalue weighted by Gasteiger charge is 2.29. The number of aliphatic imine (C=N–C) groups is 1. The monoisotopic (exact) mass is 390 g/mol. The molecule has 148 valence electrons. The van der Waals surface area contributed by atoms with Gasteiger partial charge in [0.1, 0.15) is 12.4 Å². The van der Waals surface area contributed by atoms with Crippen LogP contribution in [-0.4, -0.2) is 44.2 Å². The largest absolute Gasteiger partial charge is 0.507 e.